The Hall–Kier alpha value is -8.34. The fraction of sp³-hybridized carbons (Fsp3) is 0.250. The molecule has 0 spiro atoms. The van der Waals surface area contributed by atoms with Crippen molar-refractivity contribution in [1.82, 2.24) is 0 Å². The molecule has 0 radical (unpaired) electrons. The second kappa shape index (κ2) is 29.5. The molecule has 0 aliphatic rings. The van der Waals surface area contributed by atoms with Crippen LogP contribution >= 0.6 is 0 Å². The zero-order valence-electron chi connectivity index (χ0n) is 50.3. The quantitative estimate of drug-likeness (QED) is 0.0379. The summed E-state index contributed by atoms with van der Waals surface area (Å²) in [4.78, 5) is 0. The molecular weight excluding hydrogens is 1270 g/mol. The molecule has 492 valence electrons. The summed E-state index contributed by atoms with van der Waals surface area (Å²) in [5.41, 5.74) is -17.5. The zero-order valence-corrected chi connectivity index (χ0v) is 50.3. The molecule has 9 rings (SSSR count). The molecule has 0 saturated heterocycles. The first-order valence-electron chi connectivity index (χ1n) is 29.9. The van der Waals surface area contributed by atoms with Crippen LogP contribution in [-0.4, -0.2) is 7.32 Å². The molecule has 0 saturated carbocycles. The van der Waals surface area contributed by atoms with Crippen LogP contribution in [0.4, 0.5) is 79.0 Å². The average Bonchev–Trinajstić information content (AvgIpc) is 0.726. The highest BCUT2D eigenvalue weighted by atomic mass is 19.2. The van der Waals surface area contributed by atoms with Gasteiger partial charge in [-0.25, -0.2) is 79.0 Å². The van der Waals surface area contributed by atoms with Crippen LogP contribution in [0.25, 0.3) is 0 Å². The van der Waals surface area contributed by atoms with Crippen molar-refractivity contribution in [2.45, 2.75) is 113 Å². The fourth-order valence-corrected chi connectivity index (χ4v) is 12.9. The van der Waals surface area contributed by atoms with E-state index in [9.17, 15) is 0 Å². The van der Waals surface area contributed by atoms with E-state index >= 15 is 79.0 Å². The van der Waals surface area contributed by atoms with Gasteiger partial charge in [-0.1, -0.05) is 59.3 Å². The summed E-state index contributed by atoms with van der Waals surface area (Å²) < 4.78 is 319. The van der Waals surface area contributed by atoms with Gasteiger partial charge in [0.15, 0.2) is 0 Å². The first-order valence-corrected chi connectivity index (χ1v) is 29.9. The van der Waals surface area contributed by atoms with Crippen LogP contribution in [-0.2, 0) is 30.8 Å². The molecule has 0 fully saturated rings. The van der Waals surface area contributed by atoms with E-state index in [-0.39, 0.29) is 38.5 Å². The van der Waals surface area contributed by atoms with Gasteiger partial charge < -0.3 is 14.0 Å². The molecule has 0 heterocycles. The molecule has 0 aliphatic heterocycles. The van der Waals surface area contributed by atoms with Gasteiger partial charge in [0.05, 0.1) is 0 Å². The SMILES string of the molecule is CCCCC(c1cc(F)cc(F)c1)C(OB(OC(c1cc(F)cc(F)c1)(c1cc(F)cc(F)c1)C(CCCC)c1cc(F)cc(F)c1)OC(c1cc(F)cc(F)c1)(c1cc(F)cc(F)c1)C(CCCC)c1cc(F)cc(F)c1)(c1cc(F)cc(F)c1)c1cc(F)cc(F)c1. The normalized spacial score (nSPS) is 13.1. The molecular formula is C72H57BF18O3. The van der Waals surface area contributed by atoms with Gasteiger partial charge in [0.25, 0.3) is 0 Å². The molecule has 0 aromatic heterocycles. The van der Waals surface area contributed by atoms with Crippen LogP contribution in [0, 0.1) is 105 Å². The van der Waals surface area contributed by atoms with Gasteiger partial charge in [0, 0.05) is 72.4 Å². The lowest BCUT2D eigenvalue weighted by atomic mass is 9.67. The molecule has 3 atom stereocenters. The minimum absolute atomic E-state index is 0.112. The highest BCUT2D eigenvalue weighted by Gasteiger charge is 2.58. The molecule has 3 nitrogen and oxygen atoms in total. The largest absolute Gasteiger partial charge is 0.642 e. The lowest BCUT2D eigenvalue weighted by Gasteiger charge is -2.50. The first-order chi connectivity index (χ1) is 44.7. The number of rotatable bonds is 27. The van der Waals surface area contributed by atoms with Crippen molar-refractivity contribution in [1.29, 1.82) is 0 Å². The maximum absolute atomic E-state index is 16.7. The number of unbranched alkanes of at least 4 members (excludes halogenated alkanes) is 3. The summed E-state index contributed by atoms with van der Waals surface area (Å²) in [6.45, 7) is 4.78. The predicted octanol–water partition coefficient (Wildman–Crippen LogP) is 21.3. The molecule has 94 heavy (non-hydrogen) atoms. The summed E-state index contributed by atoms with van der Waals surface area (Å²) in [5, 5.41) is 0. The van der Waals surface area contributed by atoms with Crippen LogP contribution < -0.4 is 0 Å². The monoisotopic (exact) mass is 1320 g/mol. The van der Waals surface area contributed by atoms with Crippen LogP contribution in [0.15, 0.2) is 164 Å². The standard InChI is InChI=1S/C72H57BF18O3/c1-4-7-10-67(40-13-49(74)31-50(75)14-40)70(43-19-55(80)34-56(81)20-43,44-21-57(82)35-58(83)22-44)92-73(93-71(45-23-59(84)36-60(85)24-45,46-25-61(86)37-62(87)26-46)68(11-8-5-2)41-15-51(76)32-52(77)16-41)94-72(47-27-63(88)38-64(89)28-47,48-29-65(90)39-66(91)30-48)69(12-9-6-3)42-17-53(78)33-54(79)18-42/h13-39,67-69H,4-12H2,1-3H3. The Morgan fingerprint density at radius 3 is 0.511 bits per heavy atom. The van der Waals surface area contributed by atoms with Gasteiger partial charge in [0.2, 0.25) is 0 Å². The topological polar surface area (TPSA) is 27.7 Å². The zero-order chi connectivity index (χ0) is 68.0. The second-order valence-electron chi connectivity index (χ2n) is 23.0. The van der Waals surface area contributed by atoms with E-state index < -0.39 is 216 Å². The van der Waals surface area contributed by atoms with Crippen molar-refractivity contribution in [2.75, 3.05) is 0 Å². The minimum Gasteiger partial charge on any atom is -0.371 e. The summed E-state index contributed by atoms with van der Waals surface area (Å²) >= 11 is 0. The van der Waals surface area contributed by atoms with Crippen molar-refractivity contribution < 1.29 is 93.0 Å². The third-order valence-corrected chi connectivity index (χ3v) is 16.5. The Kier molecular flexibility index (Phi) is 22.0. The number of hydrogen-bond donors (Lipinski definition) is 0. The van der Waals surface area contributed by atoms with Crippen molar-refractivity contribution in [2.24, 2.45) is 0 Å². The van der Waals surface area contributed by atoms with Gasteiger partial charge in [-0.15, -0.1) is 0 Å². The molecule has 22 heteroatoms. The second-order valence-corrected chi connectivity index (χ2v) is 23.0. The average molecular weight is 1320 g/mol. The summed E-state index contributed by atoms with van der Waals surface area (Å²) in [5.74, 6) is -32.5. The fourth-order valence-electron chi connectivity index (χ4n) is 12.9. The summed E-state index contributed by atoms with van der Waals surface area (Å²) in [7, 11) is -3.46. The number of benzene rings is 9. The van der Waals surface area contributed by atoms with E-state index in [4.69, 9.17) is 14.0 Å². The van der Waals surface area contributed by atoms with Gasteiger partial charge >= 0.3 is 7.32 Å². The molecule has 0 aliphatic carbocycles. The molecule has 0 N–H and O–H groups in total. The lowest BCUT2D eigenvalue weighted by Crippen LogP contribution is -2.54. The predicted molar refractivity (Wildman–Crippen MR) is 315 cm³/mol. The maximum atomic E-state index is 16.7. The van der Waals surface area contributed by atoms with Gasteiger partial charge in [-0.3, -0.25) is 0 Å². The summed E-state index contributed by atoms with van der Waals surface area (Å²) in [6, 6.07) is 13.4. The van der Waals surface area contributed by atoms with Crippen LogP contribution in [0.2, 0.25) is 0 Å². The Balaban J connectivity index is 1.61. The van der Waals surface area contributed by atoms with Crippen LogP contribution in [0.1, 0.15) is 146 Å². The smallest absolute Gasteiger partial charge is 0.371 e. The summed E-state index contributed by atoms with van der Waals surface area (Å²) in [6.07, 6.45) is -1.73. The van der Waals surface area contributed by atoms with Crippen molar-refractivity contribution >= 4 is 7.32 Å². The molecule has 0 amide bonds. The van der Waals surface area contributed by atoms with Crippen molar-refractivity contribution in [3.05, 3.63) is 319 Å². The Bertz CT molecular complexity index is 3430. The van der Waals surface area contributed by atoms with Crippen molar-refractivity contribution in [3.8, 4) is 0 Å². The Labute approximate surface area is 530 Å². The van der Waals surface area contributed by atoms with Gasteiger partial charge in [0.1, 0.15) is 122 Å². The maximum Gasteiger partial charge on any atom is 0.642 e. The molecule has 3 unspecified atom stereocenters. The molecule has 0 bridgehead atoms. The number of hydrogen-bond acceptors (Lipinski definition) is 3. The Morgan fingerprint density at radius 2 is 0.372 bits per heavy atom. The van der Waals surface area contributed by atoms with Crippen LogP contribution in [0.3, 0.4) is 0 Å². The highest BCUT2D eigenvalue weighted by Crippen LogP contribution is 2.57. The third-order valence-electron chi connectivity index (χ3n) is 16.5. The molecule has 9 aromatic carbocycles. The van der Waals surface area contributed by atoms with E-state index in [1.807, 2.05) is 0 Å². The van der Waals surface area contributed by atoms with Crippen LogP contribution in [0.5, 0.6) is 0 Å². The third kappa shape index (κ3) is 15.4. The molecule has 9 aromatic rings. The van der Waals surface area contributed by atoms with E-state index in [1.54, 1.807) is 20.8 Å². The van der Waals surface area contributed by atoms with E-state index in [2.05, 4.69) is 0 Å². The van der Waals surface area contributed by atoms with E-state index in [0.29, 0.717) is 164 Å². The minimum atomic E-state index is -3.46. The van der Waals surface area contributed by atoms with Crippen molar-refractivity contribution in [3.63, 3.8) is 0 Å². The Morgan fingerprint density at radius 1 is 0.234 bits per heavy atom. The lowest BCUT2D eigenvalue weighted by molar-refractivity contribution is -0.0899. The van der Waals surface area contributed by atoms with E-state index in [1.165, 1.54) is 0 Å². The highest BCUT2D eigenvalue weighted by molar-refractivity contribution is 6.37. The van der Waals surface area contributed by atoms with E-state index in [0.717, 1.165) is 0 Å². The van der Waals surface area contributed by atoms with Gasteiger partial charge in [-0.05, 0) is 179 Å². The first kappa shape index (κ1) is 70.0. The van der Waals surface area contributed by atoms with Gasteiger partial charge in [-0.2, -0.15) is 0 Å². The number of halogens is 18.